The number of aryl methyl sites for hydroxylation is 2. The maximum atomic E-state index is 13.8. The van der Waals surface area contributed by atoms with E-state index in [4.69, 9.17) is 21.6 Å². The van der Waals surface area contributed by atoms with E-state index in [0.717, 1.165) is 33.6 Å². The second kappa shape index (κ2) is 9.12. The van der Waals surface area contributed by atoms with Gasteiger partial charge in [-0.15, -0.1) is 0 Å². The summed E-state index contributed by atoms with van der Waals surface area (Å²) in [7, 11) is 0. The van der Waals surface area contributed by atoms with Crippen molar-refractivity contribution in [1.29, 1.82) is 0 Å². The number of rotatable bonds is 5. The molecule has 1 amide bonds. The average Bonchev–Trinajstić information content (AvgIpc) is 2.81. The van der Waals surface area contributed by atoms with Crippen molar-refractivity contribution < 1.29 is 9.18 Å². The highest BCUT2D eigenvalue weighted by molar-refractivity contribution is 6.30. The summed E-state index contributed by atoms with van der Waals surface area (Å²) < 4.78 is 13.8. The number of carbonyl (C=O) groups excluding carboxylic acids is 1. The molecular formula is C27H21ClFN3O. The third kappa shape index (κ3) is 4.78. The van der Waals surface area contributed by atoms with Crippen LogP contribution in [0.1, 0.15) is 28.1 Å². The molecule has 0 spiro atoms. The van der Waals surface area contributed by atoms with Crippen LogP contribution in [-0.2, 0) is 30.5 Å². The van der Waals surface area contributed by atoms with Gasteiger partial charge in [0.1, 0.15) is 5.82 Å². The van der Waals surface area contributed by atoms with Crippen molar-refractivity contribution in [3.05, 3.63) is 112 Å². The van der Waals surface area contributed by atoms with Gasteiger partial charge in [0.15, 0.2) is 5.82 Å². The van der Waals surface area contributed by atoms with Crippen molar-refractivity contribution in [1.82, 2.24) is 9.97 Å². The number of aromatic nitrogens is 2. The van der Waals surface area contributed by atoms with Crippen molar-refractivity contribution in [2.45, 2.75) is 25.7 Å². The molecule has 0 bridgehead atoms. The van der Waals surface area contributed by atoms with Crippen molar-refractivity contribution >= 4 is 23.3 Å². The second-order valence-corrected chi connectivity index (χ2v) is 8.57. The standard InChI is InChI=1S/C27H21ClFN3O/c28-20-9-6-18(7-10-20)15-25(33)32-27-24(14-17-4-2-1-3-5-17)30-26-22-12-11-21(29)16-19(22)8-13-23(26)31-27/h1-7,9-12,16H,8,13-15H2,(H,31,32,33). The molecule has 0 aliphatic heterocycles. The van der Waals surface area contributed by atoms with Crippen LogP contribution in [0.5, 0.6) is 0 Å². The molecule has 3 aromatic carbocycles. The topological polar surface area (TPSA) is 54.9 Å². The number of benzene rings is 3. The molecule has 0 unspecified atom stereocenters. The lowest BCUT2D eigenvalue weighted by atomic mass is 9.91. The Bertz CT molecular complexity index is 1320. The monoisotopic (exact) mass is 457 g/mol. The van der Waals surface area contributed by atoms with Crippen LogP contribution >= 0.6 is 11.6 Å². The Balaban J connectivity index is 1.50. The zero-order chi connectivity index (χ0) is 22.8. The van der Waals surface area contributed by atoms with E-state index in [1.165, 1.54) is 6.07 Å². The summed E-state index contributed by atoms with van der Waals surface area (Å²) in [5.41, 5.74) is 6.02. The summed E-state index contributed by atoms with van der Waals surface area (Å²) >= 11 is 5.95. The lowest BCUT2D eigenvalue weighted by Crippen LogP contribution is -2.20. The molecule has 4 nitrogen and oxygen atoms in total. The normalized spacial score (nSPS) is 12.1. The quantitative estimate of drug-likeness (QED) is 0.411. The number of fused-ring (bicyclic) bond motifs is 3. The van der Waals surface area contributed by atoms with Crippen LogP contribution in [-0.4, -0.2) is 15.9 Å². The maximum absolute atomic E-state index is 13.8. The Morgan fingerprint density at radius 1 is 0.939 bits per heavy atom. The Kier molecular flexibility index (Phi) is 5.88. The van der Waals surface area contributed by atoms with Gasteiger partial charge in [-0.05, 0) is 59.9 Å². The first-order valence-electron chi connectivity index (χ1n) is 10.8. The number of amides is 1. The van der Waals surface area contributed by atoms with Crippen LogP contribution in [0, 0.1) is 5.82 Å². The fourth-order valence-electron chi connectivity index (χ4n) is 4.12. The third-order valence-electron chi connectivity index (χ3n) is 5.74. The van der Waals surface area contributed by atoms with Crippen LogP contribution in [0.3, 0.4) is 0 Å². The van der Waals surface area contributed by atoms with Gasteiger partial charge in [-0.2, -0.15) is 0 Å². The minimum atomic E-state index is -0.249. The second-order valence-electron chi connectivity index (χ2n) is 8.13. The number of carbonyl (C=O) groups is 1. The number of hydrogen-bond donors (Lipinski definition) is 1. The Hall–Kier alpha value is -3.57. The van der Waals surface area contributed by atoms with E-state index in [9.17, 15) is 9.18 Å². The highest BCUT2D eigenvalue weighted by atomic mass is 35.5. The lowest BCUT2D eigenvalue weighted by Gasteiger charge is -2.21. The van der Waals surface area contributed by atoms with E-state index in [0.29, 0.717) is 35.8 Å². The van der Waals surface area contributed by atoms with Gasteiger partial charge in [-0.1, -0.05) is 54.1 Å². The van der Waals surface area contributed by atoms with Crippen LogP contribution in [0.15, 0.2) is 72.8 Å². The molecule has 0 saturated carbocycles. The molecule has 4 aromatic rings. The summed E-state index contributed by atoms with van der Waals surface area (Å²) in [6.45, 7) is 0. The van der Waals surface area contributed by atoms with Gasteiger partial charge < -0.3 is 5.32 Å². The first kappa shape index (κ1) is 21.3. The molecule has 1 aromatic heterocycles. The number of hydrogen-bond acceptors (Lipinski definition) is 3. The van der Waals surface area contributed by atoms with E-state index in [1.54, 1.807) is 24.3 Å². The van der Waals surface area contributed by atoms with Gasteiger partial charge in [0, 0.05) is 17.0 Å². The van der Waals surface area contributed by atoms with E-state index in [1.807, 2.05) is 42.5 Å². The van der Waals surface area contributed by atoms with E-state index >= 15 is 0 Å². The molecule has 164 valence electrons. The molecule has 5 rings (SSSR count). The summed E-state index contributed by atoms with van der Waals surface area (Å²) in [5, 5.41) is 3.60. The van der Waals surface area contributed by atoms with E-state index < -0.39 is 0 Å². The molecule has 0 atom stereocenters. The van der Waals surface area contributed by atoms with Crippen molar-refractivity contribution in [3.8, 4) is 11.3 Å². The number of nitrogens with one attached hydrogen (secondary N) is 1. The SMILES string of the molecule is O=C(Cc1ccc(Cl)cc1)Nc1nc2c(nc1Cc1ccccc1)-c1ccc(F)cc1CC2. The van der Waals surface area contributed by atoms with Gasteiger partial charge in [-0.3, -0.25) is 4.79 Å². The minimum absolute atomic E-state index is 0.167. The van der Waals surface area contributed by atoms with Crippen molar-refractivity contribution in [2.75, 3.05) is 5.32 Å². The molecule has 33 heavy (non-hydrogen) atoms. The average molecular weight is 458 g/mol. The summed E-state index contributed by atoms with van der Waals surface area (Å²) in [5.74, 6) is 0.0574. The van der Waals surface area contributed by atoms with E-state index in [-0.39, 0.29) is 18.1 Å². The van der Waals surface area contributed by atoms with E-state index in [2.05, 4.69) is 5.32 Å². The number of anilines is 1. The number of nitrogens with zero attached hydrogens (tertiary/aromatic N) is 2. The first-order valence-corrected chi connectivity index (χ1v) is 11.2. The predicted molar refractivity (Wildman–Crippen MR) is 128 cm³/mol. The van der Waals surface area contributed by atoms with Crippen LogP contribution in [0.25, 0.3) is 11.3 Å². The van der Waals surface area contributed by atoms with Gasteiger partial charge in [0.25, 0.3) is 0 Å². The highest BCUT2D eigenvalue weighted by Crippen LogP contribution is 2.33. The third-order valence-corrected chi connectivity index (χ3v) is 6.00. The molecule has 0 saturated heterocycles. The van der Waals surface area contributed by atoms with Crippen LogP contribution in [0.4, 0.5) is 10.2 Å². The van der Waals surface area contributed by atoms with Gasteiger partial charge in [0.05, 0.1) is 23.5 Å². The molecule has 6 heteroatoms. The predicted octanol–water partition coefficient (Wildman–Crippen LogP) is 5.81. The zero-order valence-electron chi connectivity index (χ0n) is 17.8. The Morgan fingerprint density at radius 3 is 2.52 bits per heavy atom. The fraction of sp³-hybridized carbons (Fsp3) is 0.148. The number of halogens is 2. The minimum Gasteiger partial charge on any atom is -0.309 e. The lowest BCUT2D eigenvalue weighted by molar-refractivity contribution is -0.115. The fourth-order valence-corrected chi connectivity index (χ4v) is 4.25. The highest BCUT2D eigenvalue weighted by Gasteiger charge is 2.23. The molecule has 1 aliphatic carbocycles. The first-order chi connectivity index (χ1) is 16.0. The molecule has 1 heterocycles. The van der Waals surface area contributed by atoms with Gasteiger partial charge in [0.2, 0.25) is 5.91 Å². The largest absolute Gasteiger partial charge is 0.309 e. The summed E-state index contributed by atoms with van der Waals surface area (Å²) in [6.07, 6.45) is 2.06. The molecule has 1 N–H and O–H groups in total. The maximum Gasteiger partial charge on any atom is 0.229 e. The van der Waals surface area contributed by atoms with Crippen molar-refractivity contribution in [3.63, 3.8) is 0 Å². The summed E-state index contributed by atoms with van der Waals surface area (Å²) in [6, 6.07) is 21.9. The molecule has 0 radical (unpaired) electrons. The molecule has 1 aliphatic rings. The molecule has 0 fully saturated rings. The Morgan fingerprint density at radius 2 is 1.73 bits per heavy atom. The van der Waals surface area contributed by atoms with Crippen LogP contribution in [0.2, 0.25) is 5.02 Å². The zero-order valence-corrected chi connectivity index (χ0v) is 18.6. The molecular weight excluding hydrogens is 437 g/mol. The van der Waals surface area contributed by atoms with Crippen LogP contribution < -0.4 is 5.32 Å². The van der Waals surface area contributed by atoms with Crippen molar-refractivity contribution in [2.24, 2.45) is 0 Å². The van der Waals surface area contributed by atoms with Gasteiger partial charge >= 0.3 is 0 Å². The van der Waals surface area contributed by atoms with Gasteiger partial charge in [-0.25, -0.2) is 14.4 Å². The smallest absolute Gasteiger partial charge is 0.229 e. The Labute approximate surface area is 196 Å². The summed E-state index contributed by atoms with van der Waals surface area (Å²) in [4.78, 5) is 22.6.